The Morgan fingerprint density at radius 2 is 1.24 bits per heavy atom. The zero-order valence-corrected chi connectivity index (χ0v) is 10.2. The van der Waals surface area contributed by atoms with Gasteiger partial charge in [-0.15, -0.1) is 12.6 Å². The summed E-state index contributed by atoms with van der Waals surface area (Å²) < 4.78 is 0. The van der Waals surface area contributed by atoms with Crippen molar-refractivity contribution < 1.29 is 0 Å². The predicted molar refractivity (Wildman–Crippen MR) is 76.6 cm³/mol. The van der Waals surface area contributed by atoms with Crippen LogP contribution in [-0.2, 0) is 0 Å². The highest BCUT2D eigenvalue weighted by atomic mass is 32.1. The number of rotatable bonds is 1. The first-order valence-corrected chi connectivity index (χ1v) is 6.06. The van der Waals surface area contributed by atoms with Crippen LogP contribution in [0.3, 0.4) is 0 Å². The molecule has 3 rings (SSSR count). The lowest BCUT2D eigenvalue weighted by Gasteiger charge is -2.04. The molecule has 3 aromatic carbocycles. The Labute approximate surface area is 106 Å². The molecule has 0 fully saturated rings. The Kier molecular flexibility index (Phi) is 2.62. The number of thiol groups is 1. The highest BCUT2D eigenvalue weighted by Crippen LogP contribution is 2.25. The molecule has 0 bridgehead atoms. The van der Waals surface area contributed by atoms with E-state index in [1.165, 1.54) is 21.9 Å². The van der Waals surface area contributed by atoms with Gasteiger partial charge in [0, 0.05) is 4.90 Å². The average molecular weight is 236 g/mol. The van der Waals surface area contributed by atoms with Gasteiger partial charge in [-0.3, -0.25) is 0 Å². The van der Waals surface area contributed by atoms with E-state index in [4.69, 9.17) is 0 Å². The number of fused-ring (bicyclic) bond motifs is 1. The smallest absolute Gasteiger partial charge is 0.00404 e. The molecule has 1 heteroatoms. The van der Waals surface area contributed by atoms with Crippen LogP contribution in [0.1, 0.15) is 0 Å². The molecule has 0 nitrogen and oxygen atoms in total. The molecule has 0 aliphatic rings. The van der Waals surface area contributed by atoms with Crippen LogP contribution < -0.4 is 0 Å². The quantitative estimate of drug-likeness (QED) is 0.577. The first-order valence-electron chi connectivity index (χ1n) is 5.61. The molecule has 0 radical (unpaired) electrons. The van der Waals surface area contributed by atoms with E-state index in [-0.39, 0.29) is 0 Å². The van der Waals surface area contributed by atoms with Gasteiger partial charge in [-0.25, -0.2) is 0 Å². The normalized spacial score (nSPS) is 10.6. The summed E-state index contributed by atoms with van der Waals surface area (Å²) in [5, 5.41) is 2.56. The van der Waals surface area contributed by atoms with Crippen LogP contribution in [0.4, 0.5) is 0 Å². The fourth-order valence-electron chi connectivity index (χ4n) is 2.02. The summed E-state index contributed by atoms with van der Waals surface area (Å²) in [6.07, 6.45) is 0. The molecule has 0 unspecified atom stereocenters. The van der Waals surface area contributed by atoms with Gasteiger partial charge in [-0.05, 0) is 40.1 Å². The Balaban J connectivity index is 2.14. The molecule has 0 aliphatic heterocycles. The SMILES string of the molecule is Sc1ccc(-c2ccc3ccccc3c2)cc1. The molecule has 0 spiro atoms. The molecular formula is C16H12S. The van der Waals surface area contributed by atoms with E-state index in [0.29, 0.717) is 0 Å². The minimum Gasteiger partial charge on any atom is -0.143 e. The van der Waals surface area contributed by atoms with Gasteiger partial charge in [-0.1, -0.05) is 48.5 Å². The Morgan fingerprint density at radius 3 is 2.00 bits per heavy atom. The molecular weight excluding hydrogens is 224 g/mol. The molecule has 17 heavy (non-hydrogen) atoms. The zero-order chi connectivity index (χ0) is 11.7. The monoisotopic (exact) mass is 236 g/mol. The van der Waals surface area contributed by atoms with E-state index in [1.807, 2.05) is 12.1 Å². The van der Waals surface area contributed by atoms with Gasteiger partial charge in [0.25, 0.3) is 0 Å². The van der Waals surface area contributed by atoms with Crippen LogP contribution in [0.15, 0.2) is 71.6 Å². The summed E-state index contributed by atoms with van der Waals surface area (Å²) in [7, 11) is 0. The van der Waals surface area contributed by atoms with Gasteiger partial charge >= 0.3 is 0 Å². The summed E-state index contributed by atoms with van der Waals surface area (Å²) in [5.74, 6) is 0. The van der Waals surface area contributed by atoms with Crippen molar-refractivity contribution in [2.75, 3.05) is 0 Å². The van der Waals surface area contributed by atoms with Crippen LogP contribution in [0, 0.1) is 0 Å². The second kappa shape index (κ2) is 4.27. The van der Waals surface area contributed by atoms with E-state index in [1.54, 1.807) is 0 Å². The fraction of sp³-hybridized carbons (Fsp3) is 0. The van der Waals surface area contributed by atoms with E-state index < -0.39 is 0 Å². The molecule has 0 heterocycles. The van der Waals surface area contributed by atoms with Crippen molar-refractivity contribution in [1.29, 1.82) is 0 Å². The van der Waals surface area contributed by atoms with E-state index in [9.17, 15) is 0 Å². The highest BCUT2D eigenvalue weighted by molar-refractivity contribution is 7.80. The number of benzene rings is 3. The number of hydrogen-bond acceptors (Lipinski definition) is 1. The maximum absolute atomic E-state index is 4.30. The lowest BCUT2D eigenvalue weighted by molar-refractivity contribution is 1.47. The van der Waals surface area contributed by atoms with E-state index in [2.05, 4.69) is 67.2 Å². The summed E-state index contributed by atoms with van der Waals surface area (Å²) in [5.41, 5.74) is 2.48. The molecule has 3 aromatic rings. The van der Waals surface area contributed by atoms with Gasteiger partial charge in [0.15, 0.2) is 0 Å². The van der Waals surface area contributed by atoms with Crippen molar-refractivity contribution in [3.05, 3.63) is 66.7 Å². The first-order chi connectivity index (χ1) is 8.33. The predicted octanol–water partition coefficient (Wildman–Crippen LogP) is 4.80. The minimum atomic E-state index is 0.995. The maximum atomic E-state index is 4.30. The van der Waals surface area contributed by atoms with Gasteiger partial charge in [0.2, 0.25) is 0 Å². The Bertz CT molecular complexity index is 654. The van der Waals surface area contributed by atoms with Crippen molar-refractivity contribution in [3.63, 3.8) is 0 Å². The third-order valence-electron chi connectivity index (χ3n) is 2.95. The lowest BCUT2D eigenvalue weighted by atomic mass is 10.0. The van der Waals surface area contributed by atoms with Gasteiger partial charge in [0.1, 0.15) is 0 Å². The van der Waals surface area contributed by atoms with Gasteiger partial charge < -0.3 is 0 Å². The van der Waals surface area contributed by atoms with Crippen LogP contribution in [0.2, 0.25) is 0 Å². The number of hydrogen-bond donors (Lipinski definition) is 1. The Morgan fingerprint density at radius 1 is 0.588 bits per heavy atom. The summed E-state index contributed by atoms with van der Waals surface area (Å²) >= 11 is 4.30. The third kappa shape index (κ3) is 2.06. The van der Waals surface area contributed by atoms with Crippen molar-refractivity contribution in [2.24, 2.45) is 0 Å². The Hall–Kier alpha value is -1.73. The molecule has 82 valence electrons. The molecule has 0 amide bonds. The minimum absolute atomic E-state index is 0.995. The standard InChI is InChI=1S/C16H12S/c17-16-9-7-13(8-10-16)15-6-5-12-3-1-2-4-14(12)11-15/h1-11,17H. The third-order valence-corrected chi connectivity index (χ3v) is 3.25. The summed E-state index contributed by atoms with van der Waals surface area (Å²) in [6.45, 7) is 0. The van der Waals surface area contributed by atoms with Crippen LogP contribution >= 0.6 is 12.6 Å². The highest BCUT2D eigenvalue weighted by Gasteiger charge is 1.99. The van der Waals surface area contributed by atoms with Gasteiger partial charge in [-0.2, -0.15) is 0 Å². The fourth-order valence-corrected chi connectivity index (χ4v) is 2.17. The largest absolute Gasteiger partial charge is 0.143 e. The van der Waals surface area contributed by atoms with Crippen molar-refractivity contribution in [1.82, 2.24) is 0 Å². The first kappa shape index (κ1) is 10.4. The summed E-state index contributed by atoms with van der Waals surface area (Å²) in [6, 6.07) is 23.2. The van der Waals surface area contributed by atoms with Crippen LogP contribution in [-0.4, -0.2) is 0 Å². The summed E-state index contributed by atoms with van der Waals surface area (Å²) in [4.78, 5) is 0.995. The van der Waals surface area contributed by atoms with Crippen molar-refractivity contribution in [3.8, 4) is 11.1 Å². The van der Waals surface area contributed by atoms with Crippen molar-refractivity contribution >= 4 is 23.4 Å². The second-order valence-corrected chi connectivity index (χ2v) is 4.63. The topological polar surface area (TPSA) is 0 Å². The molecule has 0 saturated carbocycles. The molecule has 0 aromatic heterocycles. The van der Waals surface area contributed by atoms with Gasteiger partial charge in [0.05, 0.1) is 0 Å². The molecule has 0 aliphatic carbocycles. The second-order valence-electron chi connectivity index (χ2n) is 4.11. The average Bonchev–Trinajstić information content (AvgIpc) is 2.39. The molecule has 0 saturated heterocycles. The zero-order valence-electron chi connectivity index (χ0n) is 9.30. The molecule has 0 atom stereocenters. The van der Waals surface area contributed by atoms with Crippen molar-refractivity contribution in [2.45, 2.75) is 4.90 Å². The van der Waals surface area contributed by atoms with E-state index >= 15 is 0 Å². The van der Waals surface area contributed by atoms with E-state index in [0.717, 1.165) is 4.90 Å². The maximum Gasteiger partial charge on any atom is 0.00404 e. The molecule has 0 N–H and O–H groups in total. The lowest BCUT2D eigenvalue weighted by Crippen LogP contribution is -1.78. The van der Waals surface area contributed by atoms with Crippen LogP contribution in [0.25, 0.3) is 21.9 Å². The van der Waals surface area contributed by atoms with Crippen LogP contribution in [0.5, 0.6) is 0 Å².